The van der Waals surface area contributed by atoms with Crippen molar-refractivity contribution in [2.45, 2.75) is 37.3 Å². The molecular weight excluding hydrogens is 362 g/mol. The van der Waals surface area contributed by atoms with Crippen LogP contribution in [0.1, 0.15) is 38.2 Å². The van der Waals surface area contributed by atoms with Gasteiger partial charge >= 0.3 is 0 Å². The van der Waals surface area contributed by atoms with Crippen LogP contribution in [0.25, 0.3) is 0 Å². The summed E-state index contributed by atoms with van der Waals surface area (Å²) in [4.78, 5) is 12.2. The normalized spacial score (nSPS) is 13.4. The Morgan fingerprint density at radius 1 is 1.20 bits per heavy atom. The predicted octanol–water partition coefficient (Wildman–Crippen LogP) is 4.00. The number of carbonyl (C=O) groups excluding carboxylic acids is 1. The van der Waals surface area contributed by atoms with E-state index in [9.17, 15) is 13.2 Å². The first-order chi connectivity index (χ1) is 11.6. The van der Waals surface area contributed by atoms with Crippen molar-refractivity contribution in [1.29, 1.82) is 0 Å². The summed E-state index contributed by atoms with van der Waals surface area (Å²) in [5, 5.41) is 2.15. The molecule has 25 heavy (non-hydrogen) atoms. The van der Waals surface area contributed by atoms with Crippen LogP contribution < -0.4 is 5.32 Å². The van der Waals surface area contributed by atoms with Gasteiger partial charge in [-0.2, -0.15) is 0 Å². The Morgan fingerprint density at radius 3 is 2.36 bits per heavy atom. The highest BCUT2D eigenvalue weighted by atomic mass is 35.5. The zero-order chi connectivity index (χ0) is 18.7. The lowest BCUT2D eigenvalue weighted by molar-refractivity contribution is -0.122. The van der Waals surface area contributed by atoms with Gasteiger partial charge in [-0.1, -0.05) is 32.4 Å². The third kappa shape index (κ3) is 5.34. The molecule has 1 aromatic heterocycles. The zero-order valence-electron chi connectivity index (χ0n) is 14.5. The molecule has 1 amide bonds. The van der Waals surface area contributed by atoms with Crippen LogP contribution in [-0.2, 0) is 14.6 Å². The fourth-order valence-electron chi connectivity index (χ4n) is 2.38. The highest BCUT2D eigenvalue weighted by Crippen LogP contribution is 2.29. The van der Waals surface area contributed by atoms with Gasteiger partial charge in [-0.3, -0.25) is 4.79 Å². The van der Waals surface area contributed by atoms with Gasteiger partial charge in [0.05, 0.1) is 11.2 Å². The summed E-state index contributed by atoms with van der Waals surface area (Å²) >= 11 is 5.83. The molecule has 2 aromatic rings. The number of hydrogen-bond donors (Lipinski definition) is 1. The summed E-state index contributed by atoms with van der Waals surface area (Å²) in [5.74, 6) is 0.0846. The molecule has 136 valence electrons. The smallest absolute Gasteiger partial charge is 0.220 e. The minimum atomic E-state index is -3.75. The van der Waals surface area contributed by atoms with Crippen molar-refractivity contribution in [1.82, 2.24) is 5.32 Å². The molecule has 0 saturated carbocycles. The third-order valence-corrected chi connectivity index (χ3v) is 5.88. The van der Waals surface area contributed by atoms with E-state index in [0.29, 0.717) is 11.4 Å². The Morgan fingerprint density at radius 2 is 1.84 bits per heavy atom. The molecule has 1 heterocycles. The minimum absolute atomic E-state index is 0.0621. The maximum absolute atomic E-state index is 13.0. The Balaban J connectivity index is 2.25. The van der Waals surface area contributed by atoms with E-state index < -0.39 is 15.1 Å². The highest BCUT2D eigenvalue weighted by molar-refractivity contribution is 7.91. The zero-order valence-corrected chi connectivity index (χ0v) is 16.0. The van der Waals surface area contributed by atoms with E-state index >= 15 is 0 Å². The van der Waals surface area contributed by atoms with Gasteiger partial charge in [-0.15, -0.1) is 0 Å². The van der Waals surface area contributed by atoms with Gasteiger partial charge in [0.2, 0.25) is 5.91 Å². The Bertz CT molecular complexity index is 806. The van der Waals surface area contributed by atoms with Crippen molar-refractivity contribution in [3.05, 3.63) is 53.4 Å². The lowest BCUT2D eigenvalue weighted by Gasteiger charge is -2.20. The Kier molecular flexibility index (Phi) is 5.95. The summed E-state index contributed by atoms with van der Waals surface area (Å²) in [6, 6.07) is 9.15. The number of amides is 1. The maximum Gasteiger partial charge on any atom is 0.220 e. The van der Waals surface area contributed by atoms with Crippen LogP contribution in [0.3, 0.4) is 0 Å². The summed E-state index contributed by atoms with van der Waals surface area (Å²) in [7, 11) is -3.75. The second-order valence-electron chi connectivity index (χ2n) is 7.04. The Labute approximate surface area is 153 Å². The van der Waals surface area contributed by atoms with Gasteiger partial charge in [0.1, 0.15) is 11.0 Å². The second kappa shape index (κ2) is 7.62. The van der Waals surface area contributed by atoms with Crippen LogP contribution in [0.2, 0.25) is 5.02 Å². The Hall–Kier alpha value is -1.79. The van der Waals surface area contributed by atoms with Crippen molar-refractivity contribution in [2.24, 2.45) is 5.41 Å². The number of carbonyl (C=O) groups is 1. The predicted molar refractivity (Wildman–Crippen MR) is 97.2 cm³/mol. The first-order valence-corrected chi connectivity index (χ1v) is 9.81. The SMILES string of the molecule is CC(C)(C)CC(=O)NC[C@@H](c1ccco1)S(=O)(=O)c1ccc(Cl)cc1. The van der Waals surface area contributed by atoms with Crippen molar-refractivity contribution < 1.29 is 17.6 Å². The van der Waals surface area contributed by atoms with Gasteiger partial charge in [-0.25, -0.2) is 8.42 Å². The average Bonchev–Trinajstić information content (AvgIpc) is 2.99. The van der Waals surface area contributed by atoms with Gasteiger partial charge in [-0.05, 0) is 41.8 Å². The molecule has 0 radical (unpaired) electrons. The monoisotopic (exact) mass is 383 g/mol. The number of furan rings is 1. The van der Waals surface area contributed by atoms with Crippen LogP contribution in [-0.4, -0.2) is 20.9 Å². The highest BCUT2D eigenvalue weighted by Gasteiger charge is 2.32. The summed E-state index contributed by atoms with van der Waals surface area (Å²) in [6.45, 7) is 5.77. The van der Waals surface area contributed by atoms with Crippen LogP contribution in [0.15, 0.2) is 52.0 Å². The lowest BCUT2D eigenvalue weighted by atomic mass is 9.92. The first-order valence-electron chi connectivity index (χ1n) is 7.89. The number of hydrogen-bond acceptors (Lipinski definition) is 4. The third-order valence-electron chi connectivity index (χ3n) is 3.55. The van der Waals surface area contributed by atoms with Crippen LogP contribution in [0.5, 0.6) is 0 Å². The van der Waals surface area contributed by atoms with Gasteiger partial charge in [0.15, 0.2) is 9.84 Å². The van der Waals surface area contributed by atoms with Crippen LogP contribution in [0.4, 0.5) is 0 Å². The second-order valence-corrected chi connectivity index (χ2v) is 9.61. The van der Waals surface area contributed by atoms with E-state index in [2.05, 4.69) is 5.32 Å². The molecule has 1 N–H and O–H groups in total. The molecule has 0 saturated heterocycles. The number of halogens is 1. The molecule has 0 unspecified atom stereocenters. The molecule has 0 aliphatic heterocycles. The molecule has 2 rings (SSSR count). The summed E-state index contributed by atoms with van der Waals surface area (Å²) in [6.07, 6.45) is 1.72. The fraction of sp³-hybridized carbons (Fsp3) is 0.389. The molecule has 7 heteroatoms. The molecule has 0 bridgehead atoms. The van der Waals surface area contributed by atoms with Crippen molar-refractivity contribution in [3.8, 4) is 0 Å². The van der Waals surface area contributed by atoms with Crippen LogP contribution in [0, 0.1) is 5.41 Å². The molecular formula is C18H22ClNO4S. The molecule has 0 fully saturated rings. The molecule has 0 aliphatic carbocycles. The van der Waals surface area contributed by atoms with Crippen LogP contribution >= 0.6 is 11.6 Å². The van der Waals surface area contributed by atoms with E-state index in [1.54, 1.807) is 12.1 Å². The first kappa shape index (κ1) is 19.5. The van der Waals surface area contributed by atoms with Gasteiger partial charge in [0, 0.05) is 18.0 Å². The van der Waals surface area contributed by atoms with Gasteiger partial charge in [0.25, 0.3) is 0 Å². The van der Waals surface area contributed by atoms with E-state index in [1.807, 2.05) is 20.8 Å². The molecule has 0 aliphatic rings. The molecule has 5 nitrogen and oxygen atoms in total. The quantitative estimate of drug-likeness (QED) is 0.817. The lowest BCUT2D eigenvalue weighted by Crippen LogP contribution is -2.33. The fourth-order valence-corrected chi connectivity index (χ4v) is 4.09. The average molecular weight is 384 g/mol. The number of sulfone groups is 1. The minimum Gasteiger partial charge on any atom is -0.468 e. The maximum atomic E-state index is 13.0. The number of nitrogens with one attached hydrogen (secondary N) is 1. The molecule has 1 aromatic carbocycles. The van der Waals surface area contributed by atoms with E-state index in [0.717, 1.165) is 0 Å². The largest absolute Gasteiger partial charge is 0.468 e. The van der Waals surface area contributed by atoms with E-state index in [4.69, 9.17) is 16.0 Å². The summed E-state index contributed by atoms with van der Waals surface area (Å²) < 4.78 is 31.3. The van der Waals surface area contributed by atoms with Crippen molar-refractivity contribution in [2.75, 3.05) is 6.54 Å². The molecule has 1 atom stereocenters. The molecule has 0 spiro atoms. The van der Waals surface area contributed by atoms with Crippen molar-refractivity contribution in [3.63, 3.8) is 0 Å². The van der Waals surface area contributed by atoms with E-state index in [-0.39, 0.29) is 28.5 Å². The summed E-state index contributed by atoms with van der Waals surface area (Å²) in [5.41, 5.74) is -0.181. The number of rotatable bonds is 6. The van der Waals surface area contributed by atoms with E-state index in [1.165, 1.54) is 30.5 Å². The van der Waals surface area contributed by atoms with Gasteiger partial charge < -0.3 is 9.73 Å². The standard InChI is InChI=1S/C18H22ClNO4S/c1-18(2,3)11-17(21)20-12-16(15-5-4-10-24-15)25(22,23)14-8-6-13(19)7-9-14/h4-10,16H,11-12H2,1-3H3,(H,20,21)/t16-/m0/s1. The number of benzene rings is 1. The topological polar surface area (TPSA) is 76.4 Å². The van der Waals surface area contributed by atoms with Crippen molar-refractivity contribution >= 4 is 27.3 Å².